The number of guanidine groups is 1. The van der Waals surface area contributed by atoms with Crippen molar-refractivity contribution < 1.29 is 0 Å². The second-order valence-corrected chi connectivity index (χ2v) is 6.95. The van der Waals surface area contributed by atoms with Crippen LogP contribution in [0.4, 0.5) is 0 Å². The number of aliphatic imine (C=N–C) groups is 1. The van der Waals surface area contributed by atoms with Crippen LogP contribution < -0.4 is 5.32 Å². The van der Waals surface area contributed by atoms with Crippen LogP contribution in [0.1, 0.15) is 33.4 Å². The molecular formula is C17H32ClN5. The first-order valence-corrected chi connectivity index (χ1v) is 8.62. The lowest BCUT2D eigenvalue weighted by Crippen LogP contribution is -2.45. The van der Waals surface area contributed by atoms with Gasteiger partial charge in [-0.1, -0.05) is 11.6 Å². The molecule has 5 nitrogen and oxygen atoms in total. The maximum atomic E-state index is 6.05. The zero-order chi connectivity index (χ0) is 17.6. The van der Waals surface area contributed by atoms with Crippen LogP contribution >= 0.6 is 11.6 Å². The molecule has 23 heavy (non-hydrogen) atoms. The van der Waals surface area contributed by atoms with Crippen LogP contribution in [0.15, 0.2) is 17.3 Å². The van der Waals surface area contributed by atoms with Crippen molar-refractivity contribution >= 4 is 17.6 Å². The number of aryl methyl sites for hydroxylation is 1. The minimum absolute atomic E-state index is 0.544. The van der Waals surface area contributed by atoms with Crippen LogP contribution in [0.2, 0.25) is 5.02 Å². The Hall–Kier alpha value is -1.20. The topological polar surface area (TPSA) is 35.8 Å². The first-order chi connectivity index (χ1) is 10.8. The maximum absolute atomic E-state index is 6.05. The van der Waals surface area contributed by atoms with Gasteiger partial charge in [-0.05, 0) is 33.8 Å². The van der Waals surface area contributed by atoms with Crippen LogP contribution in [0.3, 0.4) is 0 Å². The molecule has 132 valence electrons. The Morgan fingerprint density at radius 2 is 1.91 bits per heavy atom. The molecule has 0 aromatic carbocycles. The van der Waals surface area contributed by atoms with Crippen LogP contribution in [0.5, 0.6) is 0 Å². The van der Waals surface area contributed by atoms with E-state index in [0.29, 0.717) is 12.1 Å². The van der Waals surface area contributed by atoms with Gasteiger partial charge in [-0.15, -0.1) is 0 Å². The largest absolute Gasteiger partial charge is 0.355 e. The van der Waals surface area contributed by atoms with Gasteiger partial charge in [0.05, 0.1) is 11.6 Å². The van der Waals surface area contributed by atoms with Gasteiger partial charge in [0.1, 0.15) is 0 Å². The molecule has 0 aliphatic heterocycles. The van der Waals surface area contributed by atoms with Crippen molar-refractivity contribution in [2.24, 2.45) is 12.0 Å². The third-order valence-electron chi connectivity index (χ3n) is 4.03. The highest BCUT2D eigenvalue weighted by Crippen LogP contribution is 2.14. The van der Waals surface area contributed by atoms with Crippen molar-refractivity contribution in [1.82, 2.24) is 19.7 Å². The van der Waals surface area contributed by atoms with Crippen molar-refractivity contribution in [2.45, 2.75) is 46.3 Å². The molecule has 0 fully saturated rings. The first-order valence-electron chi connectivity index (χ1n) is 8.24. The van der Waals surface area contributed by atoms with E-state index in [-0.39, 0.29) is 0 Å². The highest BCUT2D eigenvalue weighted by Gasteiger charge is 2.14. The fraction of sp³-hybridized carbons (Fsp3) is 0.706. The number of hydrogen-bond donors (Lipinski definition) is 1. The highest BCUT2D eigenvalue weighted by molar-refractivity contribution is 6.30. The zero-order valence-electron chi connectivity index (χ0n) is 15.6. The average Bonchev–Trinajstić information content (AvgIpc) is 2.75. The number of aromatic nitrogens is 1. The average molecular weight is 342 g/mol. The Balaban J connectivity index is 2.55. The Morgan fingerprint density at radius 3 is 2.35 bits per heavy atom. The van der Waals surface area contributed by atoms with E-state index in [9.17, 15) is 0 Å². The predicted molar refractivity (Wildman–Crippen MR) is 100 cm³/mol. The zero-order valence-corrected chi connectivity index (χ0v) is 16.4. The van der Waals surface area contributed by atoms with Crippen molar-refractivity contribution in [3.8, 4) is 0 Å². The molecule has 0 spiro atoms. The summed E-state index contributed by atoms with van der Waals surface area (Å²) >= 11 is 6.05. The Kier molecular flexibility index (Phi) is 7.92. The summed E-state index contributed by atoms with van der Waals surface area (Å²) in [4.78, 5) is 8.96. The standard InChI is InChI=1S/C17H32ClN5/c1-13(2)23(14(3)4)9-8-20-17(19-5)22(7)12-16-10-15(18)11-21(16)6/h10-11,13-14H,8-9,12H2,1-7H3,(H,19,20). The number of rotatable bonds is 7. The van der Waals surface area contributed by atoms with E-state index in [0.717, 1.165) is 36.3 Å². The van der Waals surface area contributed by atoms with Gasteiger partial charge in [0.15, 0.2) is 5.96 Å². The molecule has 0 aliphatic carbocycles. The second kappa shape index (κ2) is 9.18. The fourth-order valence-electron chi connectivity index (χ4n) is 2.84. The van der Waals surface area contributed by atoms with E-state index in [4.69, 9.17) is 11.6 Å². The van der Waals surface area contributed by atoms with Crippen LogP contribution in [0.25, 0.3) is 0 Å². The minimum atomic E-state index is 0.544. The summed E-state index contributed by atoms with van der Waals surface area (Å²) < 4.78 is 2.05. The smallest absolute Gasteiger partial charge is 0.193 e. The first kappa shape index (κ1) is 19.8. The molecule has 0 saturated heterocycles. The van der Waals surface area contributed by atoms with Gasteiger partial charge in [0.2, 0.25) is 0 Å². The van der Waals surface area contributed by atoms with E-state index >= 15 is 0 Å². The van der Waals surface area contributed by atoms with Gasteiger partial charge >= 0.3 is 0 Å². The number of nitrogens with zero attached hydrogens (tertiary/aromatic N) is 4. The van der Waals surface area contributed by atoms with E-state index < -0.39 is 0 Å². The summed E-state index contributed by atoms with van der Waals surface area (Å²) in [6, 6.07) is 3.08. The van der Waals surface area contributed by atoms with Crippen LogP contribution in [-0.4, -0.2) is 59.6 Å². The van der Waals surface area contributed by atoms with Crippen LogP contribution in [0, 0.1) is 0 Å². The van der Waals surface area contributed by atoms with Crippen molar-refractivity contribution in [1.29, 1.82) is 0 Å². The Bertz CT molecular complexity index is 499. The third-order valence-corrected chi connectivity index (χ3v) is 4.23. The van der Waals surface area contributed by atoms with E-state index in [2.05, 4.69) is 47.8 Å². The lowest BCUT2D eigenvalue weighted by molar-refractivity contribution is 0.178. The predicted octanol–water partition coefficient (Wildman–Crippen LogP) is 2.80. The maximum Gasteiger partial charge on any atom is 0.193 e. The SMILES string of the molecule is CN=C(NCCN(C(C)C)C(C)C)N(C)Cc1cc(Cl)cn1C. The monoisotopic (exact) mass is 341 g/mol. The van der Waals surface area contributed by atoms with Gasteiger partial charge < -0.3 is 14.8 Å². The summed E-state index contributed by atoms with van der Waals surface area (Å²) in [5, 5.41) is 4.21. The molecule has 0 radical (unpaired) electrons. The molecule has 1 aromatic rings. The normalized spacial score (nSPS) is 12.6. The van der Waals surface area contributed by atoms with E-state index in [1.807, 2.05) is 38.0 Å². The second-order valence-electron chi connectivity index (χ2n) is 6.52. The number of nitrogens with one attached hydrogen (secondary N) is 1. The van der Waals surface area contributed by atoms with Gasteiger partial charge in [-0.25, -0.2) is 0 Å². The Morgan fingerprint density at radius 1 is 1.30 bits per heavy atom. The quantitative estimate of drug-likeness (QED) is 0.612. The van der Waals surface area contributed by atoms with Gasteiger partial charge in [0.25, 0.3) is 0 Å². The molecule has 0 atom stereocenters. The van der Waals surface area contributed by atoms with Gasteiger partial charge in [-0.2, -0.15) is 0 Å². The van der Waals surface area contributed by atoms with Crippen molar-refractivity contribution in [3.63, 3.8) is 0 Å². The van der Waals surface area contributed by atoms with Crippen LogP contribution in [-0.2, 0) is 13.6 Å². The minimum Gasteiger partial charge on any atom is -0.355 e. The molecule has 1 aromatic heterocycles. The molecule has 1 N–H and O–H groups in total. The lowest BCUT2D eigenvalue weighted by atomic mass is 10.2. The third kappa shape index (κ3) is 6.07. The number of hydrogen-bond acceptors (Lipinski definition) is 2. The summed E-state index contributed by atoms with van der Waals surface area (Å²) in [5.74, 6) is 0.898. The van der Waals surface area contributed by atoms with E-state index in [1.165, 1.54) is 0 Å². The molecule has 1 rings (SSSR count). The molecule has 1 heterocycles. The molecular weight excluding hydrogens is 310 g/mol. The highest BCUT2D eigenvalue weighted by atomic mass is 35.5. The number of halogens is 1. The fourth-order valence-corrected chi connectivity index (χ4v) is 3.11. The van der Waals surface area contributed by atoms with Gasteiger partial charge in [-0.3, -0.25) is 9.89 Å². The van der Waals surface area contributed by atoms with E-state index in [1.54, 1.807) is 0 Å². The molecule has 0 unspecified atom stereocenters. The molecule has 0 amide bonds. The summed E-state index contributed by atoms with van der Waals surface area (Å²) in [6.07, 6.45) is 1.92. The van der Waals surface area contributed by atoms with Crippen molar-refractivity contribution in [2.75, 3.05) is 27.2 Å². The molecule has 0 bridgehead atoms. The Labute approximate surface area is 146 Å². The summed E-state index contributed by atoms with van der Waals surface area (Å²) in [6.45, 7) is 11.6. The van der Waals surface area contributed by atoms with Gasteiger partial charge in [0, 0.05) is 58.2 Å². The summed E-state index contributed by atoms with van der Waals surface area (Å²) in [5.41, 5.74) is 1.16. The molecule has 0 aliphatic rings. The van der Waals surface area contributed by atoms with Crippen molar-refractivity contribution in [3.05, 3.63) is 23.0 Å². The molecule has 6 heteroatoms. The lowest BCUT2D eigenvalue weighted by Gasteiger charge is -2.31. The molecule has 0 saturated carbocycles. The summed E-state index contributed by atoms with van der Waals surface area (Å²) in [7, 11) is 5.87.